The Bertz CT molecular complexity index is 1080. The highest BCUT2D eigenvalue weighted by Gasteiger charge is 2.28. The number of halogens is 1. The molecule has 0 aliphatic carbocycles. The van der Waals surface area contributed by atoms with Gasteiger partial charge >= 0.3 is 0 Å². The maximum Gasteiger partial charge on any atom is 0.288 e. The number of carbonyl (C=O) groups excluding carboxylic acids is 2. The van der Waals surface area contributed by atoms with Gasteiger partial charge in [-0.2, -0.15) is 0 Å². The summed E-state index contributed by atoms with van der Waals surface area (Å²) in [4.78, 5) is 30.3. The quantitative estimate of drug-likeness (QED) is 0.662. The summed E-state index contributed by atoms with van der Waals surface area (Å²) in [6.07, 6.45) is 0. The number of aryl methyl sites for hydroxylation is 1. The fourth-order valence-corrected chi connectivity index (χ4v) is 3.88. The molecule has 0 saturated heterocycles. The summed E-state index contributed by atoms with van der Waals surface area (Å²) in [5.74, 6) is -1.02. The molecule has 4 rings (SSSR count). The number of aliphatic imine (C=N–C) groups is 1. The number of carbonyl (C=O) groups is 2. The fraction of sp³-hybridized carbons (Fsp3) is 0.136. The van der Waals surface area contributed by atoms with E-state index in [4.69, 9.17) is 0 Å². The Kier molecular flexibility index (Phi) is 5.58. The molecule has 1 atom stereocenters. The topological polar surface area (TPSA) is 73.8 Å². The Morgan fingerprint density at radius 3 is 2.57 bits per heavy atom. The Morgan fingerprint density at radius 2 is 1.90 bits per heavy atom. The molecule has 8 heteroatoms. The van der Waals surface area contributed by atoms with Crippen LogP contribution >= 0.6 is 11.3 Å². The van der Waals surface area contributed by atoms with Crippen LogP contribution in [0.15, 0.2) is 71.0 Å². The molecule has 0 fully saturated rings. The van der Waals surface area contributed by atoms with Crippen LogP contribution in [0.3, 0.4) is 0 Å². The van der Waals surface area contributed by atoms with Crippen LogP contribution in [0.4, 0.5) is 10.1 Å². The van der Waals surface area contributed by atoms with Crippen LogP contribution in [0.5, 0.6) is 0 Å². The van der Waals surface area contributed by atoms with Gasteiger partial charge in [0.05, 0.1) is 11.7 Å². The Hall–Kier alpha value is -3.52. The normalized spacial score (nSPS) is 14.7. The van der Waals surface area contributed by atoms with Crippen molar-refractivity contribution >= 4 is 34.7 Å². The molecule has 30 heavy (non-hydrogen) atoms. The van der Waals surface area contributed by atoms with E-state index >= 15 is 0 Å². The highest BCUT2D eigenvalue weighted by atomic mass is 32.1. The number of nitrogens with one attached hydrogen (secondary N) is 2. The molecule has 1 aliphatic rings. The van der Waals surface area contributed by atoms with Gasteiger partial charge in [0, 0.05) is 4.88 Å². The first kappa shape index (κ1) is 19.8. The van der Waals surface area contributed by atoms with E-state index in [1.54, 1.807) is 24.3 Å². The van der Waals surface area contributed by atoms with E-state index in [0.717, 1.165) is 16.0 Å². The van der Waals surface area contributed by atoms with Crippen LogP contribution in [0.25, 0.3) is 0 Å². The van der Waals surface area contributed by atoms with Crippen molar-refractivity contribution in [2.24, 2.45) is 4.99 Å². The van der Waals surface area contributed by atoms with Crippen LogP contribution in [0.2, 0.25) is 0 Å². The monoisotopic (exact) mass is 422 g/mol. The molecule has 2 amide bonds. The highest BCUT2D eigenvalue weighted by molar-refractivity contribution is 7.10. The second-order valence-electron chi connectivity index (χ2n) is 6.81. The first-order valence-corrected chi connectivity index (χ1v) is 10.2. The minimum Gasteiger partial charge on any atom is -0.338 e. The number of hydrogen-bond donors (Lipinski definition) is 2. The van der Waals surface area contributed by atoms with E-state index in [9.17, 15) is 14.0 Å². The van der Waals surface area contributed by atoms with E-state index in [-0.39, 0.29) is 24.1 Å². The summed E-state index contributed by atoms with van der Waals surface area (Å²) in [7, 11) is 0. The zero-order valence-corrected chi connectivity index (χ0v) is 16.9. The minimum absolute atomic E-state index is 0.0406. The minimum atomic E-state index is -0.465. The van der Waals surface area contributed by atoms with Crippen molar-refractivity contribution in [1.29, 1.82) is 0 Å². The van der Waals surface area contributed by atoms with E-state index in [1.807, 2.05) is 36.6 Å². The Morgan fingerprint density at radius 1 is 1.17 bits per heavy atom. The lowest BCUT2D eigenvalue weighted by molar-refractivity contribution is -0.118. The third-order valence-corrected chi connectivity index (χ3v) is 5.59. The fourth-order valence-electron chi connectivity index (χ4n) is 3.07. The molecular formula is C22H19FN4O2S. The van der Waals surface area contributed by atoms with Crippen molar-refractivity contribution < 1.29 is 14.0 Å². The maximum absolute atomic E-state index is 13.4. The van der Waals surface area contributed by atoms with Gasteiger partial charge in [-0.25, -0.2) is 9.40 Å². The molecule has 152 valence electrons. The number of anilines is 1. The van der Waals surface area contributed by atoms with Gasteiger partial charge in [0.2, 0.25) is 5.84 Å². The second kappa shape index (κ2) is 8.46. The van der Waals surface area contributed by atoms with Crippen molar-refractivity contribution in [2.45, 2.75) is 13.0 Å². The van der Waals surface area contributed by atoms with Gasteiger partial charge < -0.3 is 5.32 Å². The molecule has 3 aromatic rings. The van der Waals surface area contributed by atoms with Crippen LogP contribution in [0.1, 0.15) is 22.0 Å². The van der Waals surface area contributed by atoms with Gasteiger partial charge in [0.15, 0.2) is 0 Å². The van der Waals surface area contributed by atoms with Crippen LogP contribution in [-0.4, -0.2) is 24.2 Å². The molecule has 1 unspecified atom stereocenters. The lowest BCUT2D eigenvalue weighted by Gasteiger charge is -2.28. The van der Waals surface area contributed by atoms with E-state index in [1.165, 1.54) is 28.5 Å². The summed E-state index contributed by atoms with van der Waals surface area (Å²) in [5.41, 5.74) is 5.25. The summed E-state index contributed by atoms with van der Waals surface area (Å²) in [6, 6.07) is 16.7. The number of benzene rings is 2. The lowest BCUT2D eigenvalue weighted by atomic mass is 10.1. The molecule has 2 N–H and O–H groups in total. The van der Waals surface area contributed by atoms with Gasteiger partial charge in [-0.1, -0.05) is 35.9 Å². The summed E-state index contributed by atoms with van der Waals surface area (Å²) in [5, 5.41) is 6.17. The van der Waals surface area contributed by atoms with E-state index in [0.29, 0.717) is 5.69 Å². The number of thiophene rings is 1. The number of hydrazine groups is 1. The van der Waals surface area contributed by atoms with Crippen LogP contribution < -0.4 is 15.8 Å². The zero-order chi connectivity index (χ0) is 21.1. The molecular weight excluding hydrogens is 403 g/mol. The molecule has 0 saturated carbocycles. The molecule has 6 nitrogen and oxygen atoms in total. The molecule has 0 radical (unpaired) electrons. The second-order valence-corrected chi connectivity index (χ2v) is 7.79. The standard InChI is InChI=1S/C22H19FN4O2S/c1-14-4-10-17(11-5-14)27-19(28)13-24-21(26-27)22(29)25-20(18-3-2-12-30-18)15-6-8-16(23)9-7-15/h2-12,20H,13H2,1H3,(H,24,26)(H,25,29). The first-order valence-electron chi connectivity index (χ1n) is 9.32. The maximum atomic E-state index is 13.4. The van der Waals surface area contributed by atoms with Crippen molar-refractivity contribution in [3.63, 3.8) is 0 Å². The number of rotatable bonds is 5. The number of hydrogen-bond acceptors (Lipinski definition) is 5. The zero-order valence-electron chi connectivity index (χ0n) is 16.1. The van der Waals surface area contributed by atoms with Gasteiger partial charge in [0.25, 0.3) is 11.8 Å². The summed E-state index contributed by atoms with van der Waals surface area (Å²) >= 11 is 1.48. The van der Waals surface area contributed by atoms with Gasteiger partial charge in [-0.3, -0.25) is 20.0 Å². The summed E-state index contributed by atoms with van der Waals surface area (Å²) < 4.78 is 13.4. The predicted molar refractivity (Wildman–Crippen MR) is 115 cm³/mol. The van der Waals surface area contributed by atoms with Crippen molar-refractivity contribution in [2.75, 3.05) is 11.6 Å². The molecule has 1 aromatic heterocycles. The van der Waals surface area contributed by atoms with Crippen LogP contribution in [0, 0.1) is 12.7 Å². The van der Waals surface area contributed by atoms with Crippen LogP contribution in [-0.2, 0) is 9.59 Å². The molecule has 0 bridgehead atoms. The number of nitrogens with zero attached hydrogens (tertiary/aromatic N) is 2. The average molecular weight is 422 g/mol. The number of amides is 2. The van der Waals surface area contributed by atoms with E-state index in [2.05, 4.69) is 15.7 Å². The third kappa shape index (κ3) is 4.23. The van der Waals surface area contributed by atoms with Crippen molar-refractivity contribution in [1.82, 2.24) is 10.7 Å². The number of amidine groups is 1. The molecule has 2 aromatic carbocycles. The molecule has 2 heterocycles. The largest absolute Gasteiger partial charge is 0.338 e. The molecule has 0 spiro atoms. The lowest BCUT2D eigenvalue weighted by Crippen LogP contribution is -2.56. The smallest absolute Gasteiger partial charge is 0.288 e. The van der Waals surface area contributed by atoms with Gasteiger partial charge in [-0.05, 0) is 48.2 Å². The van der Waals surface area contributed by atoms with Crippen molar-refractivity contribution in [3.8, 4) is 0 Å². The van der Waals surface area contributed by atoms with Gasteiger partial charge in [-0.15, -0.1) is 11.3 Å². The average Bonchev–Trinajstić information content (AvgIpc) is 3.28. The SMILES string of the molecule is Cc1ccc(N2NC(C(=O)NC(c3ccc(F)cc3)c3cccs3)=NCC2=O)cc1. The van der Waals surface area contributed by atoms with Gasteiger partial charge in [0.1, 0.15) is 12.4 Å². The Labute approximate surface area is 177 Å². The highest BCUT2D eigenvalue weighted by Crippen LogP contribution is 2.26. The first-order chi connectivity index (χ1) is 14.5. The summed E-state index contributed by atoms with van der Waals surface area (Å²) in [6.45, 7) is 1.82. The Balaban J connectivity index is 1.55. The molecule has 1 aliphatic heterocycles. The predicted octanol–water partition coefficient (Wildman–Crippen LogP) is 3.35. The van der Waals surface area contributed by atoms with Crippen molar-refractivity contribution in [3.05, 3.63) is 87.9 Å². The van der Waals surface area contributed by atoms with E-state index < -0.39 is 11.9 Å². The third-order valence-electron chi connectivity index (χ3n) is 4.65.